The van der Waals surface area contributed by atoms with Gasteiger partial charge in [0.1, 0.15) is 6.10 Å². The number of hydrogen-bond acceptors (Lipinski definition) is 6. The molecule has 3 N–H and O–H groups in total. The maximum absolute atomic E-state index is 12.2. The van der Waals surface area contributed by atoms with Gasteiger partial charge in [0, 0.05) is 11.5 Å². The van der Waals surface area contributed by atoms with Crippen LogP contribution in [-0.2, 0) is 6.42 Å². The van der Waals surface area contributed by atoms with Gasteiger partial charge in [-0.25, -0.2) is 0 Å². The molecule has 0 radical (unpaired) electrons. The number of nitrogens with zero attached hydrogens (tertiary/aromatic N) is 1. The monoisotopic (exact) mass is 384 g/mol. The molecule has 7 heteroatoms. The molecular formula is C21H24N2O5. The van der Waals surface area contributed by atoms with Crippen LogP contribution in [-0.4, -0.2) is 36.4 Å². The second kappa shape index (κ2) is 8.77. The molecule has 1 aromatic heterocycles. The summed E-state index contributed by atoms with van der Waals surface area (Å²) in [6.45, 7) is 0. The Balaban J connectivity index is 1.68. The minimum atomic E-state index is -1.05. The van der Waals surface area contributed by atoms with E-state index in [9.17, 15) is 9.90 Å². The van der Waals surface area contributed by atoms with Gasteiger partial charge >= 0.3 is 0 Å². The van der Waals surface area contributed by atoms with Gasteiger partial charge < -0.3 is 19.4 Å². The summed E-state index contributed by atoms with van der Waals surface area (Å²) in [5.41, 5.74) is 7.21. The third kappa shape index (κ3) is 4.27. The predicted molar refractivity (Wildman–Crippen MR) is 107 cm³/mol. The van der Waals surface area contributed by atoms with E-state index in [0.29, 0.717) is 29.9 Å². The van der Waals surface area contributed by atoms with E-state index in [-0.39, 0.29) is 5.56 Å². The SMILES string of the molecule is COc1ccc(CCC(O)C(N)On2c(=O)ccc3ccccc32)cc1OC. The van der Waals surface area contributed by atoms with E-state index < -0.39 is 12.3 Å². The van der Waals surface area contributed by atoms with Crippen molar-refractivity contribution in [2.75, 3.05) is 14.2 Å². The molecule has 0 aliphatic heterocycles. The first kappa shape index (κ1) is 19.7. The lowest BCUT2D eigenvalue weighted by molar-refractivity contribution is -0.0425. The van der Waals surface area contributed by atoms with Crippen LogP contribution in [0.15, 0.2) is 59.4 Å². The zero-order valence-electron chi connectivity index (χ0n) is 15.9. The average Bonchev–Trinajstić information content (AvgIpc) is 2.73. The summed E-state index contributed by atoms with van der Waals surface area (Å²) in [5.74, 6) is 1.26. The third-order valence-electron chi connectivity index (χ3n) is 4.54. The average molecular weight is 384 g/mol. The van der Waals surface area contributed by atoms with Crippen LogP contribution in [0.2, 0.25) is 0 Å². The molecule has 0 amide bonds. The largest absolute Gasteiger partial charge is 0.493 e. The van der Waals surface area contributed by atoms with Crippen molar-refractivity contribution in [2.24, 2.45) is 5.73 Å². The Hall–Kier alpha value is -3.03. The fourth-order valence-electron chi connectivity index (χ4n) is 2.98. The molecule has 2 aromatic carbocycles. The highest BCUT2D eigenvalue weighted by molar-refractivity contribution is 5.78. The van der Waals surface area contributed by atoms with E-state index in [4.69, 9.17) is 20.0 Å². The van der Waals surface area contributed by atoms with Crippen LogP contribution in [0.1, 0.15) is 12.0 Å². The van der Waals surface area contributed by atoms with Crippen LogP contribution in [0.3, 0.4) is 0 Å². The van der Waals surface area contributed by atoms with Crippen LogP contribution >= 0.6 is 0 Å². The predicted octanol–water partition coefficient (Wildman–Crippen LogP) is 1.73. The highest BCUT2D eigenvalue weighted by Gasteiger charge is 2.19. The van der Waals surface area contributed by atoms with Crippen LogP contribution in [0.4, 0.5) is 0 Å². The molecule has 0 aliphatic carbocycles. The van der Waals surface area contributed by atoms with Crippen molar-refractivity contribution in [3.63, 3.8) is 0 Å². The topological polar surface area (TPSA) is 95.9 Å². The summed E-state index contributed by atoms with van der Waals surface area (Å²) < 4.78 is 11.6. The standard InChI is InChI=1S/C21H24N2O5/c1-26-18-11-8-14(13-19(18)27-2)7-10-17(24)21(22)28-23-16-6-4-3-5-15(16)9-12-20(23)25/h3-6,8-9,11-13,17,21,24H,7,10,22H2,1-2H3. The molecule has 2 atom stereocenters. The number of benzene rings is 2. The van der Waals surface area contributed by atoms with Gasteiger partial charge in [-0.15, -0.1) is 4.73 Å². The molecule has 0 fully saturated rings. The molecular weight excluding hydrogens is 360 g/mol. The summed E-state index contributed by atoms with van der Waals surface area (Å²) in [6, 6.07) is 16.0. The number of fused-ring (bicyclic) bond motifs is 1. The van der Waals surface area contributed by atoms with Crippen molar-refractivity contribution in [3.8, 4) is 11.5 Å². The number of aryl methyl sites for hydroxylation is 1. The molecule has 3 rings (SSSR count). The smallest absolute Gasteiger partial charge is 0.283 e. The highest BCUT2D eigenvalue weighted by Crippen LogP contribution is 2.28. The molecule has 2 unspecified atom stereocenters. The van der Waals surface area contributed by atoms with Crippen LogP contribution in [0.5, 0.6) is 11.5 Å². The molecule has 28 heavy (non-hydrogen) atoms. The van der Waals surface area contributed by atoms with Gasteiger partial charge in [-0.1, -0.05) is 24.3 Å². The minimum absolute atomic E-state index is 0.346. The van der Waals surface area contributed by atoms with Gasteiger partial charge in [-0.05, 0) is 42.7 Å². The molecule has 0 saturated heterocycles. The van der Waals surface area contributed by atoms with Gasteiger partial charge in [0.2, 0.25) is 0 Å². The van der Waals surface area contributed by atoms with Crippen LogP contribution < -0.4 is 25.6 Å². The Labute approximate surface area is 162 Å². The summed E-state index contributed by atoms with van der Waals surface area (Å²) in [6.07, 6.45) is -1.10. The van der Waals surface area contributed by atoms with Crippen LogP contribution in [0.25, 0.3) is 10.9 Å². The van der Waals surface area contributed by atoms with Crippen molar-refractivity contribution in [1.29, 1.82) is 0 Å². The minimum Gasteiger partial charge on any atom is -0.493 e. The van der Waals surface area contributed by atoms with E-state index in [2.05, 4.69) is 0 Å². The molecule has 3 aromatic rings. The summed E-state index contributed by atoms with van der Waals surface area (Å²) in [4.78, 5) is 17.8. The van der Waals surface area contributed by atoms with Crippen molar-refractivity contribution in [3.05, 3.63) is 70.5 Å². The molecule has 0 saturated carbocycles. The van der Waals surface area contributed by atoms with Crippen molar-refractivity contribution < 1.29 is 19.4 Å². The summed E-state index contributed by atoms with van der Waals surface area (Å²) >= 11 is 0. The second-order valence-corrected chi connectivity index (χ2v) is 6.39. The first-order valence-electron chi connectivity index (χ1n) is 8.96. The highest BCUT2D eigenvalue weighted by atomic mass is 16.7. The van der Waals surface area contributed by atoms with E-state index in [1.807, 2.05) is 30.3 Å². The normalized spacial score (nSPS) is 13.1. The molecule has 7 nitrogen and oxygen atoms in total. The van der Waals surface area contributed by atoms with Gasteiger partial charge in [-0.2, -0.15) is 0 Å². The Bertz CT molecular complexity index is 1000. The Morgan fingerprint density at radius 1 is 1.04 bits per heavy atom. The lowest BCUT2D eigenvalue weighted by Crippen LogP contribution is -2.46. The molecule has 0 bridgehead atoms. The number of hydrogen-bond donors (Lipinski definition) is 2. The fraction of sp³-hybridized carbons (Fsp3) is 0.286. The maximum atomic E-state index is 12.2. The number of aliphatic hydroxyl groups is 1. The fourth-order valence-corrected chi connectivity index (χ4v) is 2.98. The lowest BCUT2D eigenvalue weighted by atomic mass is 10.1. The van der Waals surface area contributed by atoms with Gasteiger partial charge in [0.25, 0.3) is 5.56 Å². The first-order valence-corrected chi connectivity index (χ1v) is 8.96. The van der Waals surface area contributed by atoms with Crippen molar-refractivity contribution in [2.45, 2.75) is 25.2 Å². The molecule has 0 aliphatic rings. The van der Waals surface area contributed by atoms with E-state index >= 15 is 0 Å². The maximum Gasteiger partial charge on any atom is 0.283 e. The van der Waals surface area contributed by atoms with Gasteiger partial charge in [0.15, 0.2) is 17.7 Å². The molecule has 148 valence electrons. The second-order valence-electron chi connectivity index (χ2n) is 6.39. The summed E-state index contributed by atoms with van der Waals surface area (Å²) in [7, 11) is 3.15. The van der Waals surface area contributed by atoms with Crippen molar-refractivity contribution >= 4 is 10.9 Å². The number of aliphatic hydroxyl groups excluding tert-OH is 1. The molecule has 0 spiro atoms. The van der Waals surface area contributed by atoms with E-state index in [0.717, 1.165) is 15.7 Å². The number of nitrogens with two attached hydrogens (primary N) is 1. The first-order chi connectivity index (χ1) is 13.5. The van der Waals surface area contributed by atoms with Gasteiger partial charge in [-0.3, -0.25) is 10.5 Å². The number of rotatable bonds is 8. The lowest BCUT2D eigenvalue weighted by Gasteiger charge is -2.21. The summed E-state index contributed by atoms with van der Waals surface area (Å²) in [5, 5.41) is 11.3. The zero-order chi connectivity index (χ0) is 20.1. The van der Waals surface area contributed by atoms with E-state index in [1.165, 1.54) is 6.07 Å². The quantitative estimate of drug-likeness (QED) is 0.574. The van der Waals surface area contributed by atoms with Gasteiger partial charge in [0.05, 0.1) is 19.7 Å². The number of para-hydroxylation sites is 1. The van der Waals surface area contributed by atoms with E-state index in [1.54, 1.807) is 32.4 Å². The number of ether oxygens (including phenoxy) is 2. The Kier molecular flexibility index (Phi) is 6.18. The number of aromatic nitrogens is 1. The van der Waals surface area contributed by atoms with Crippen LogP contribution in [0, 0.1) is 0 Å². The third-order valence-corrected chi connectivity index (χ3v) is 4.54. The Morgan fingerprint density at radius 2 is 1.79 bits per heavy atom. The molecule has 1 heterocycles. The Morgan fingerprint density at radius 3 is 2.54 bits per heavy atom. The number of pyridine rings is 1. The number of methoxy groups -OCH3 is 2. The van der Waals surface area contributed by atoms with Crippen molar-refractivity contribution in [1.82, 2.24) is 4.73 Å². The zero-order valence-corrected chi connectivity index (χ0v) is 15.9.